The van der Waals surface area contributed by atoms with E-state index in [-0.39, 0.29) is 5.41 Å². The van der Waals surface area contributed by atoms with Crippen LogP contribution in [-0.2, 0) is 4.79 Å². The van der Waals surface area contributed by atoms with Gasteiger partial charge >= 0.3 is 0 Å². The van der Waals surface area contributed by atoms with E-state index >= 15 is 0 Å². The molecule has 0 bridgehead atoms. The second kappa shape index (κ2) is 10.1. The summed E-state index contributed by atoms with van der Waals surface area (Å²) in [6, 6.07) is 7.69. The predicted octanol–water partition coefficient (Wildman–Crippen LogP) is 9.55. The van der Waals surface area contributed by atoms with E-state index in [0.29, 0.717) is 29.5 Å². The van der Waals surface area contributed by atoms with E-state index in [1.807, 2.05) is 24.3 Å². The molecule has 3 saturated carbocycles. The third kappa shape index (κ3) is 4.70. The first kappa shape index (κ1) is 26.3. The third-order valence-corrected chi connectivity index (χ3v) is 11.7. The van der Waals surface area contributed by atoms with Crippen LogP contribution in [0.4, 0.5) is 5.69 Å². The summed E-state index contributed by atoms with van der Waals surface area (Å²) in [5, 5.41) is 4.14. The molecule has 0 aliphatic heterocycles. The number of rotatable bonds is 7. The Kier molecular flexibility index (Phi) is 7.40. The van der Waals surface area contributed by atoms with Gasteiger partial charge in [-0.15, -0.1) is 0 Å². The van der Waals surface area contributed by atoms with Gasteiger partial charge in [0.2, 0.25) is 0 Å². The van der Waals surface area contributed by atoms with Crippen LogP contribution in [0.15, 0.2) is 36.0 Å². The van der Waals surface area contributed by atoms with Gasteiger partial charge in [0.1, 0.15) is 0 Å². The molecule has 0 spiro atoms. The van der Waals surface area contributed by atoms with E-state index in [1.54, 1.807) is 0 Å². The molecule has 8 atom stereocenters. The lowest BCUT2D eigenvalue weighted by Crippen LogP contribution is -2.53. The molecule has 4 aliphatic rings. The van der Waals surface area contributed by atoms with Crippen molar-refractivity contribution in [3.05, 3.63) is 41.1 Å². The number of ketones is 1. The van der Waals surface area contributed by atoms with Crippen molar-refractivity contribution in [2.75, 3.05) is 5.32 Å². The molecular weight excluding hydrogens is 462 g/mol. The van der Waals surface area contributed by atoms with Gasteiger partial charge in [-0.1, -0.05) is 71.6 Å². The molecule has 1 aromatic rings. The topological polar surface area (TPSA) is 29.1 Å². The smallest absolute Gasteiger partial charge is 0.179 e. The zero-order valence-electron chi connectivity index (χ0n) is 23.3. The van der Waals surface area contributed by atoms with E-state index in [0.717, 1.165) is 46.0 Å². The van der Waals surface area contributed by atoms with Crippen molar-refractivity contribution in [3.8, 4) is 0 Å². The highest BCUT2D eigenvalue weighted by Gasteiger charge is 2.60. The lowest BCUT2D eigenvalue weighted by molar-refractivity contribution is -0.129. The number of nitrogens with one attached hydrogen (secondary N) is 1. The summed E-state index contributed by atoms with van der Waals surface area (Å²) < 4.78 is 0. The molecule has 3 heteroatoms. The van der Waals surface area contributed by atoms with Crippen LogP contribution in [0.1, 0.15) is 98.8 Å². The molecule has 4 aliphatic carbocycles. The standard InChI is InChI=1S/C33H48ClNO/c1-21(2)7-6-8-22(3)27-15-16-28-26-14-9-23-19-30(35-25-12-10-24(34)11-13-25)31(36)20-33(23,5)29(26)17-18-32(27,28)4/h10-13,19,21-23,26-29,35H,6-9,14-18,20H2,1-5H3/t22-,23+,26+,27-,28+,29+,32-,33+/m1/s1. The average Bonchev–Trinajstić information content (AvgIpc) is 3.18. The lowest BCUT2D eigenvalue weighted by Gasteiger charge is -2.60. The van der Waals surface area contributed by atoms with Crippen molar-refractivity contribution in [2.24, 2.45) is 52.3 Å². The first-order chi connectivity index (χ1) is 17.1. The number of hydrogen-bond acceptors (Lipinski definition) is 2. The van der Waals surface area contributed by atoms with Crippen molar-refractivity contribution >= 4 is 23.1 Å². The molecule has 5 rings (SSSR count). The zero-order valence-corrected chi connectivity index (χ0v) is 24.0. The molecule has 2 nitrogen and oxygen atoms in total. The van der Waals surface area contributed by atoms with Gasteiger partial charge in [0.15, 0.2) is 5.78 Å². The summed E-state index contributed by atoms with van der Waals surface area (Å²) in [6.07, 6.45) is 15.3. The fourth-order valence-corrected chi connectivity index (χ4v) is 9.71. The fourth-order valence-electron chi connectivity index (χ4n) is 9.58. The maximum atomic E-state index is 13.4. The molecule has 0 radical (unpaired) electrons. The van der Waals surface area contributed by atoms with Gasteiger partial charge in [-0.25, -0.2) is 0 Å². The van der Waals surface area contributed by atoms with Crippen LogP contribution in [0.5, 0.6) is 0 Å². The minimum absolute atomic E-state index is 0.119. The molecule has 0 aromatic heterocycles. The average molecular weight is 510 g/mol. The third-order valence-electron chi connectivity index (χ3n) is 11.5. The summed E-state index contributed by atoms with van der Waals surface area (Å²) in [6.45, 7) is 12.4. The number of carbonyl (C=O) groups is 1. The van der Waals surface area contributed by atoms with E-state index in [2.05, 4.69) is 46.0 Å². The highest BCUT2D eigenvalue weighted by molar-refractivity contribution is 6.30. The van der Waals surface area contributed by atoms with Gasteiger partial charge in [-0.05, 0) is 115 Å². The fraction of sp³-hybridized carbons (Fsp3) is 0.727. The Morgan fingerprint density at radius 2 is 1.67 bits per heavy atom. The van der Waals surface area contributed by atoms with E-state index in [4.69, 9.17) is 11.6 Å². The van der Waals surface area contributed by atoms with Gasteiger partial charge < -0.3 is 5.32 Å². The molecule has 1 N–H and O–H groups in total. The first-order valence-electron chi connectivity index (χ1n) is 14.9. The molecule has 3 fully saturated rings. The number of halogens is 1. The van der Waals surface area contributed by atoms with E-state index in [1.165, 1.54) is 57.8 Å². The summed E-state index contributed by atoms with van der Waals surface area (Å²) >= 11 is 6.06. The Balaban J connectivity index is 1.30. The normalized spacial score (nSPS) is 38.7. The Morgan fingerprint density at radius 1 is 0.944 bits per heavy atom. The SMILES string of the molecule is CC(C)CCC[C@@H](C)[C@H]1CC[C@H]2[C@@H]3CC[C@H]4C=C(Nc5ccc(Cl)cc5)C(=O)C[C@]4(C)[C@H]3CC[C@]12C. The number of Topliss-reactive ketones (excluding diaryl/α,β-unsaturated/α-hetero) is 1. The largest absolute Gasteiger partial charge is 0.353 e. The van der Waals surface area contributed by atoms with Crippen molar-refractivity contribution in [1.82, 2.24) is 0 Å². The zero-order chi connectivity index (χ0) is 25.7. The van der Waals surface area contributed by atoms with E-state index in [9.17, 15) is 4.79 Å². The maximum Gasteiger partial charge on any atom is 0.179 e. The van der Waals surface area contributed by atoms with Crippen LogP contribution in [0.25, 0.3) is 0 Å². The molecule has 0 unspecified atom stereocenters. The maximum absolute atomic E-state index is 13.4. The molecule has 0 heterocycles. The van der Waals surface area contributed by atoms with Crippen molar-refractivity contribution in [2.45, 2.75) is 98.8 Å². The first-order valence-corrected chi connectivity index (χ1v) is 15.3. The van der Waals surface area contributed by atoms with Gasteiger partial charge in [0.25, 0.3) is 0 Å². The molecular formula is C33H48ClNO. The van der Waals surface area contributed by atoms with Crippen molar-refractivity contribution in [3.63, 3.8) is 0 Å². The number of allylic oxidation sites excluding steroid dienone is 2. The molecule has 0 amide bonds. The highest BCUT2D eigenvalue weighted by Crippen LogP contribution is 2.68. The van der Waals surface area contributed by atoms with Crippen LogP contribution in [-0.4, -0.2) is 5.78 Å². The number of carbonyl (C=O) groups excluding carboxylic acids is 1. The molecule has 1 aromatic carbocycles. The number of benzene rings is 1. The van der Waals surface area contributed by atoms with Gasteiger partial charge in [0, 0.05) is 17.1 Å². The van der Waals surface area contributed by atoms with Crippen LogP contribution in [0.3, 0.4) is 0 Å². The summed E-state index contributed by atoms with van der Waals surface area (Å²) in [4.78, 5) is 13.4. The molecule has 198 valence electrons. The van der Waals surface area contributed by atoms with Gasteiger partial charge in [0.05, 0.1) is 5.70 Å². The van der Waals surface area contributed by atoms with Crippen LogP contribution in [0.2, 0.25) is 5.02 Å². The molecule has 36 heavy (non-hydrogen) atoms. The van der Waals surface area contributed by atoms with Crippen LogP contribution >= 0.6 is 11.6 Å². The number of anilines is 1. The Morgan fingerprint density at radius 3 is 2.39 bits per heavy atom. The Hall–Kier alpha value is -1.28. The highest BCUT2D eigenvalue weighted by atomic mass is 35.5. The monoisotopic (exact) mass is 509 g/mol. The number of fused-ring (bicyclic) bond motifs is 5. The van der Waals surface area contributed by atoms with E-state index < -0.39 is 0 Å². The predicted molar refractivity (Wildman–Crippen MR) is 152 cm³/mol. The second-order valence-electron chi connectivity index (χ2n) is 13.9. The lowest BCUT2D eigenvalue weighted by atomic mass is 9.45. The van der Waals surface area contributed by atoms with Crippen molar-refractivity contribution < 1.29 is 4.79 Å². The minimum Gasteiger partial charge on any atom is -0.353 e. The quantitative estimate of drug-likeness (QED) is 0.396. The summed E-state index contributed by atoms with van der Waals surface area (Å²) in [5.41, 5.74) is 2.38. The Bertz CT molecular complexity index is 982. The second-order valence-corrected chi connectivity index (χ2v) is 14.3. The van der Waals surface area contributed by atoms with Crippen LogP contribution < -0.4 is 5.32 Å². The molecule has 0 saturated heterocycles. The Labute approximate surface area is 225 Å². The van der Waals surface area contributed by atoms with Gasteiger partial charge in [-0.2, -0.15) is 0 Å². The van der Waals surface area contributed by atoms with Gasteiger partial charge in [-0.3, -0.25) is 4.79 Å². The minimum atomic E-state index is 0.119. The summed E-state index contributed by atoms with van der Waals surface area (Å²) in [5.74, 6) is 5.73. The van der Waals surface area contributed by atoms with Crippen molar-refractivity contribution in [1.29, 1.82) is 0 Å². The number of hydrogen-bond donors (Lipinski definition) is 1. The van der Waals surface area contributed by atoms with Crippen LogP contribution in [0, 0.1) is 52.3 Å². The summed E-state index contributed by atoms with van der Waals surface area (Å²) in [7, 11) is 0.